The van der Waals surface area contributed by atoms with Gasteiger partial charge in [-0.1, -0.05) is 30.9 Å². The predicted octanol–water partition coefficient (Wildman–Crippen LogP) is 4.70. The second-order valence-electron chi connectivity index (χ2n) is 4.76. The topological polar surface area (TPSA) is 25.8 Å². The minimum Gasteiger partial charge on any atom is -0.222 e. The Balaban J connectivity index is 2.03. The first kappa shape index (κ1) is 11.4. The molecule has 2 aromatic heterocycles. The van der Waals surface area contributed by atoms with Crippen LogP contribution >= 0.6 is 22.9 Å². The molecule has 0 spiro atoms. The van der Waals surface area contributed by atoms with Gasteiger partial charge in [0, 0.05) is 10.3 Å². The molecular weight excluding hydrogens is 252 g/mol. The molecule has 0 saturated heterocycles. The fraction of sp³-hybridized carbons (Fsp3) is 0.538. The van der Waals surface area contributed by atoms with Gasteiger partial charge in [0.2, 0.25) is 0 Å². The van der Waals surface area contributed by atoms with E-state index in [1.54, 1.807) is 11.3 Å². The van der Waals surface area contributed by atoms with E-state index in [1.807, 2.05) is 6.92 Å². The van der Waals surface area contributed by atoms with Crippen molar-refractivity contribution in [3.8, 4) is 0 Å². The Morgan fingerprint density at radius 2 is 2.00 bits per heavy atom. The van der Waals surface area contributed by atoms with Crippen molar-refractivity contribution in [1.82, 2.24) is 9.97 Å². The Morgan fingerprint density at radius 1 is 1.24 bits per heavy atom. The summed E-state index contributed by atoms with van der Waals surface area (Å²) in [6.07, 6.45) is 6.74. The molecule has 1 aliphatic rings. The van der Waals surface area contributed by atoms with Crippen molar-refractivity contribution in [2.75, 3.05) is 0 Å². The summed E-state index contributed by atoms with van der Waals surface area (Å²) in [5.41, 5.74) is 0. The number of halogens is 1. The largest absolute Gasteiger partial charge is 0.222 e. The van der Waals surface area contributed by atoms with Crippen molar-refractivity contribution in [3.63, 3.8) is 0 Å². The van der Waals surface area contributed by atoms with Crippen LogP contribution in [-0.2, 0) is 0 Å². The minimum atomic E-state index is 0.603. The molecule has 0 aliphatic heterocycles. The van der Waals surface area contributed by atoms with Gasteiger partial charge in [-0.15, -0.1) is 11.3 Å². The quantitative estimate of drug-likeness (QED) is 0.699. The Morgan fingerprint density at radius 3 is 2.76 bits per heavy atom. The third-order valence-electron chi connectivity index (χ3n) is 3.48. The van der Waals surface area contributed by atoms with E-state index in [9.17, 15) is 0 Å². The van der Waals surface area contributed by atoms with Crippen molar-refractivity contribution >= 4 is 33.2 Å². The average Bonchev–Trinajstić information content (AvgIpc) is 2.74. The third kappa shape index (κ3) is 2.18. The molecule has 2 heterocycles. The Bertz CT molecular complexity index is 544. The number of aromatic nitrogens is 2. The maximum absolute atomic E-state index is 6.17. The van der Waals surface area contributed by atoms with Crippen LogP contribution in [0.5, 0.6) is 0 Å². The van der Waals surface area contributed by atoms with Gasteiger partial charge < -0.3 is 0 Å². The van der Waals surface area contributed by atoms with Crippen LogP contribution in [0.25, 0.3) is 10.2 Å². The highest BCUT2D eigenvalue weighted by molar-refractivity contribution is 7.18. The summed E-state index contributed by atoms with van der Waals surface area (Å²) in [6, 6.07) is 2.21. The first-order valence-electron chi connectivity index (χ1n) is 6.17. The standard InChI is InChI=1S/C13H15ClN2S/c1-8-15-12(14)10-7-11(17-13(10)16-8)9-5-3-2-4-6-9/h7,9H,2-6H2,1H3. The lowest BCUT2D eigenvalue weighted by atomic mass is 9.88. The van der Waals surface area contributed by atoms with Crippen LogP contribution in [0, 0.1) is 6.92 Å². The summed E-state index contributed by atoms with van der Waals surface area (Å²) in [6.45, 7) is 1.89. The molecule has 90 valence electrons. The van der Waals surface area contributed by atoms with Crippen molar-refractivity contribution in [2.24, 2.45) is 0 Å². The molecular formula is C13H15ClN2S. The first-order valence-corrected chi connectivity index (χ1v) is 7.37. The SMILES string of the molecule is Cc1nc(Cl)c2cc(C3CCCCC3)sc2n1. The molecule has 0 N–H and O–H groups in total. The summed E-state index contributed by atoms with van der Waals surface area (Å²) in [7, 11) is 0. The Kier molecular flexibility index (Phi) is 3.05. The molecule has 0 atom stereocenters. The van der Waals surface area contributed by atoms with Crippen molar-refractivity contribution in [2.45, 2.75) is 44.9 Å². The monoisotopic (exact) mass is 266 g/mol. The lowest BCUT2D eigenvalue weighted by Crippen LogP contribution is -2.02. The van der Waals surface area contributed by atoms with E-state index in [-0.39, 0.29) is 0 Å². The molecule has 3 rings (SSSR count). The Labute approximate surface area is 110 Å². The first-order chi connectivity index (χ1) is 8.24. The van der Waals surface area contributed by atoms with Gasteiger partial charge in [-0.05, 0) is 31.7 Å². The van der Waals surface area contributed by atoms with E-state index in [1.165, 1.54) is 37.0 Å². The lowest BCUT2D eigenvalue weighted by Gasteiger charge is -2.19. The highest BCUT2D eigenvalue weighted by Gasteiger charge is 2.19. The van der Waals surface area contributed by atoms with Crippen LogP contribution in [0.2, 0.25) is 5.15 Å². The van der Waals surface area contributed by atoms with Crippen LogP contribution in [0.3, 0.4) is 0 Å². The van der Waals surface area contributed by atoms with E-state index >= 15 is 0 Å². The van der Waals surface area contributed by atoms with E-state index in [2.05, 4.69) is 16.0 Å². The maximum atomic E-state index is 6.17. The molecule has 2 aromatic rings. The molecule has 0 aromatic carbocycles. The van der Waals surface area contributed by atoms with Crippen molar-refractivity contribution < 1.29 is 0 Å². The number of fused-ring (bicyclic) bond motifs is 1. The van der Waals surface area contributed by atoms with Crippen LogP contribution in [0.15, 0.2) is 6.07 Å². The van der Waals surface area contributed by atoms with Crippen LogP contribution < -0.4 is 0 Å². The van der Waals surface area contributed by atoms with E-state index in [0.717, 1.165) is 22.0 Å². The molecule has 0 bridgehead atoms. The second kappa shape index (κ2) is 4.54. The zero-order valence-corrected chi connectivity index (χ0v) is 11.4. The highest BCUT2D eigenvalue weighted by atomic mass is 35.5. The number of aryl methyl sites for hydroxylation is 1. The third-order valence-corrected chi connectivity index (χ3v) is 4.96. The zero-order valence-electron chi connectivity index (χ0n) is 9.87. The van der Waals surface area contributed by atoms with Gasteiger partial charge in [0.05, 0.1) is 0 Å². The van der Waals surface area contributed by atoms with E-state index in [0.29, 0.717) is 5.15 Å². The van der Waals surface area contributed by atoms with Gasteiger partial charge in [0.1, 0.15) is 15.8 Å². The molecule has 4 heteroatoms. The summed E-state index contributed by atoms with van der Waals surface area (Å²) in [5.74, 6) is 1.49. The number of rotatable bonds is 1. The smallest absolute Gasteiger partial charge is 0.141 e. The molecule has 17 heavy (non-hydrogen) atoms. The molecule has 1 aliphatic carbocycles. The fourth-order valence-corrected chi connectivity index (χ4v) is 4.16. The summed E-state index contributed by atoms with van der Waals surface area (Å²) < 4.78 is 0. The van der Waals surface area contributed by atoms with Gasteiger partial charge in [0.25, 0.3) is 0 Å². The number of thiophene rings is 1. The number of nitrogens with zero attached hydrogens (tertiary/aromatic N) is 2. The average molecular weight is 267 g/mol. The second-order valence-corrected chi connectivity index (χ2v) is 6.18. The van der Waals surface area contributed by atoms with Gasteiger partial charge in [-0.25, -0.2) is 9.97 Å². The Hall–Kier alpha value is -0.670. The number of hydrogen-bond donors (Lipinski definition) is 0. The molecule has 0 amide bonds. The molecule has 0 unspecified atom stereocenters. The predicted molar refractivity (Wildman–Crippen MR) is 73.0 cm³/mol. The number of hydrogen-bond acceptors (Lipinski definition) is 3. The summed E-state index contributed by atoms with van der Waals surface area (Å²) in [5, 5.41) is 1.63. The fourth-order valence-electron chi connectivity index (χ4n) is 2.59. The molecule has 1 fully saturated rings. The lowest BCUT2D eigenvalue weighted by molar-refractivity contribution is 0.448. The molecule has 1 saturated carbocycles. The van der Waals surface area contributed by atoms with Crippen LogP contribution in [0.4, 0.5) is 0 Å². The van der Waals surface area contributed by atoms with Crippen molar-refractivity contribution in [3.05, 3.63) is 21.9 Å². The molecule has 0 radical (unpaired) electrons. The zero-order chi connectivity index (χ0) is 11.8. The maximum Gasteiger partial charge on any atom is 0.141 e. The van der Waals surface area contributed by atoms with Crippen molar-refractivity contribution in [1.29, 1.82) is 0 Å². The van der Waals surface area contributed by atoms with Gasteiger partial charge in [0.15, 0.2) is 0 Å². The van der Waals surface area contributed by atoms with E-state index < -0.39 is 0 Å². The van der Waals surface area contributed by atoms with Gasteiger partial charge >= 0.3 is 0 Å². The minimum absolute atomic E-state index is 0.603. The van der Waals surface area contributed by atoms with Crippen LogP contribution in [-0.4, -0.2) is 9.97 Å². The van der Waals surface area contributed by atoms with Crippen LogP contribution in [0.1, 0.15) is 48.7 Å². The van der Waals surface area contributed by atoms with E-state index in [4.69, 9.17) is 11.6 Å². The summed E-state index contributed by atoms with van der Waals surface area (Å²) >= 11 is 7.97. The summed E-state index contributed by atoms with van der Waals surface area (Å²) in [4.78, 5) is 11.2. The highest BCUT2D eigenvalue weighted by Crippen LogP contribution is 2.39. The van der Waals surface area contributed by atoms with Gasteiger partial charge in [-0.2, -0.15) is 0 Å². The van der Waals surface area contributed by atoms with Gasteiger partial charge in [-0.3, -0.25) is 0 Å². The normalized spacial score (nSPS) is 17.8. The molecule has 2 nitrogen and oxygen atoms in total.